The van der Waals surface area contributed by atoms with Gasteiger partial charge < -0.3 is 15.7 Å². The molecule has 8 heteroatoms. The lowest BCUT2D eigenvalue weighted by molar-refractivity contribution is -0.141. The summed E-state index contributed by atoms with van der Waals surface area (Å²) in [6.45, 7) is 2.94. The van der Waals surface area contributed by atoms with Crippen LogP contribution in [0.1, 0.15) is 18.9 Å². The lowest BCUT2D eigenvalue weighted by Gasteiger charge is -2.38. The van der Waals surface area contributed by atoms with Crippen LogP contribution in [0.4, 0.5) is 10.6 Å². The van der Waals surface area contributed by atoms with Crippen LogP contribution in [0.25, 0.3) is 10.9 Å². The quantitative estimate of drug-likeness (QED) is 0.878. The first-order valence-corrected chi connectivity index (χ1v) is 7.78. The Labute approximate surface area is 138 Å². The minimum absolute atomic E-state index is 0.159. The van der Waals surface area contributed by atoms with Crippen LogP contribution in [0.15, 0.2) is 24.5 Å². The van der Waals surface area contributed by atoms with Crippen molar-refractivity contribution in [2.75, 3.05) is 18.8 Å². The second kappa shape index (κ2) is 6.31. The molecule has 24 heavy (non-hydrogen) atoms. The molecule has 1 fully saturated rings. The molecule has 0 bridgehead atoms. The number of nitrogen functional groups attached to an aromatic ring is 1. The van der Waals surface area contributed by atoms with Gasteiger partial charge in [-0.3, -0.25) is 9.69 Å². The Morgan fingerprint density at radius 2 is 2.17 bits per heavy atom. The van der Waals surface area contributed by atoms with Crippen LogP contribution in [0.3, 0.4) is 0 Å². The molecule has 1 saturated heterocycles. The lowest BCUT2D eigenvalue weighted by atomic mass is 10.1. The van der Waals surface area contributed by atoms with Crippen LogP contribution in [0.5, 0.6) is 0 Å². The maximum absolute atomic E-state index is 12.6. The molecule has 2 aromatic rings. The zero-order chi connectivity index (χ0) is 17.3. The van der Waals surface area contributed by atoms with Crippen LogP contribution in [0.2, 0.25) is 0 Å². The number of hydrogen-bond acceptors (Lipinski definition) is 5. The summed E-state index contributed by atoms with van der Waals surface area (Å²) in [5.74, 6) is 0.261. The monoisotopic (exact) mass is 329 g/mol. The number of hydrogen-bond donors (Lipinski definition) is 2. The minimum atomic E-state index is -1.05. The number of nitrogens with two attached hydrogens (primary N) is 1. The molecule has 0 radical (unpaired) electrons. The van der Waals surface area contributed by atoms with Crippen molar-refractivity contribution in [1.82, 2.24) is 19.8 Å². The molecule has 3 rings (SSSR count). The average Bonchev–Trinajstić information content (AvgIpc) is 2.56. The molecule has 2 amide bonds. The second-order valence-electron chi connectivity index (χ2n) is 5.77. The summed E-state index contributed by atoms with van der Waals surface area (Å²) >= 11 is 0. The Morgan fingerprint density at radius 3 is 2.88 bits per heavy atom. The number of rotatable bonds is 3. The van der Waals surface area contributed by atoms with Crippen LogP contribution in [-0.2, 0) is 11.3 Å². The minimum Gasteiger partial charge on any atom is -0.465 e. The van der Waals surface area contributed by atoms with Gasteiger partial charge in [-0.05, 0) is 24.1 Å². The molecule has 0 aliphatic carbocycles. The number of carbonyl (C=O) groups is 2. The predicted molar refractivity (Wildman–Crippen MR) is 88.2 cm³/mol. The third kappa shape index (κ3) is 2.82. The van der Waals surface area contributed by atoms with E-state index in [-0.39, 0.29) is 5.91 Å². The van der Waals surface area contributed by atoms with E-state index in [0.717, 1.165) is 16.5 Å². The van der Waals surface area contributed by atoms with E-state index in [9.17, 15) is 14.7 Å². The molecular formula is C16H19N5O3. The van der Waals surface area contributed by atoms with Crippen molar-refractivity contribution < 1.29 is 14.7 Å². The van der Waals surface area contributed by atoms with E-state index in [1.54, 1.807) is 4.90 Å². The second-order valence-corrected chi connectivity index (χ2v) is 5.77. The van der Waals surface area contributed by atoms with E-state index in [2.05, 4.69) is 9.97 Å². The maximum atomic E-state index is 12.6. The molecule has 126 valence electrons. The number of benzene rings is 1. The van der Waals surface area contributed by atoms with Gasteiger partial charge in [0.2, 0.25) is 5.91 Å². The van der Waals surface area contributed by atoms with Gasteiger partial charge in [0.25, 0.3) is 0 Å². The fourth-order valence-electron chi connectivity index (χ4n) is 3.06. The largest absolute Gasteiger partial charge is 0.465 e. The van der Waals surface area contributed by atoms with Gasteiger partial charge >= 0.3 is 6.09 Å². The summed E-state index contributed by atoms with van der Waals surface area (Å²) in [5, 5.41) is 9.98. The molecule has 1 aromatic heterocycles. The Balaban J connectivity index is 1.81. The first-order valence-electron chi connectivity index (χ1n) is 7.78. The van der Waals surface area contributed by atoms with Gasteiger partial charge in [0.05, 0.1) is 5.52 Å². The molecule has 3 N–H and O–H groups in total. The van der Waals surface area contributed by atoms with Gasteiger partial charge in [-0.15, -0.1) is 0 Å². The van der Waals surface area contributed by atoms with Crippen LogP contribution in [-0.4, -0.2) is 56.0 Å². The Bertz CT molecular complexity index is 794. The molecule has 8 nitrogen and oxygen atoms in total. The van der Waals surface area contributed by atoms with Crippen molar-refractivity contribution in [3.63, 3.8) is 0 Å². The fourth-order valence-corrected chi connectivity index (χ4v) is 3.06. The van der Waals surface area contributed by atoms with Crippen molar-refractivity contribution in [2.24, 2.45) is 0 Å². The first-order chi connectivity index (χ1) is 11.5. The first kappa shape index (κ1) is 16.0. The number of nitrogens with zero attached hydrogens (tertiary/aromatic N) is 4. The van der Waals surface area contributed by atoms with Crippen LogP contribution >= 0.6 is 0 Å². The van der Waals surface area contributed by atoms with Gasteiger partial charge in [0.15, 0.2) is 0 Å². The summed E-state index contributed by atoms with van der Waals surface area (Å²) in [7, 11) is 0. The standard InChI is InChI=1S/C16H19N5O3/c1-2-13-15(22)20(5-6-21(13)16(23)24)8-10-3-4-11-12(7-10)18-9-19-14(11)17/h3-4,7,9,13H,2,5-6,8H2,1H3,(H,23,24)(H2,17,18,19)/t13-/m0/s1. The third-order valence-electron chi connectivity index (χ3n) is 4.32. The summed E-state index contributed by atoms with van der Waals surface area (Å²) in [5.41, 5.74) is 7.46. The molecule has 0 saturated carbocycles. The topological polar surface area (TPSA) is 113 Å². The number of aromatic nitrogens is 2. The molecule has 1 atom stereocenters. The summed E-state index contributed by atoms with van der Waals surface area (Å²) in [4.78, 5) is 34.9. The number of carboxylic acid groups (broad SMARTS) is 1. The number of piperazine rings is 1. The zero-order valence-corrected chi connectivity index (χ0v) is 13.3. The zero-order valence-electron chi connectivity index (χ0n) is 13.3. The summed E-state index contributed by atoms with van der Waals surface area (Å²) < 4.78 is 0. The Morgan fingerprint density at radius 1 is 1.38 bits per heavy atom. The molecular weight excluding hydrogens is 310 g/mol. The van der Waals surface area contributed by atoms with E-state index in [4.69, 9.17) is 5.73 Å². The highest BCUT2D eigenvalue weighted by molar-refractivity contribution is 5.88. The van der Waals surface area contributed by atoms with Gasteiger partial charge in [0.1, 0.15) is 18.2 Å². The Hall–Kier alpha value is -2.90. The SMILES string of the molecule is CC[C@H]1C(=O)N(Cc2ccc3c(N)ncnc3c2)CCN1C(=O)O. The third-order valence-corrected chi connectivity index (χ3v) is 4.32. The number of amides is 2. The van der Waals surface area contributed by atoms with E-state index in [1.807, 2.05) is 25.1 Å². The molecule has 2 heterocycles. The van der Waals surface area contributed by atoms with Crippen molar-refractivity contribution in [1.29, 1.82) is 0 Å². The normalized spacial score (nSPS) is 18.2. The summed E-state index contributed by atoms with van der Waals surface area (Å²) in [6, 6.07) is 5.00. The van der Waals surface area contributed by atoms with Crippen molar-refractivity contribution in [2.45, 2.75) is 25.9 Å². The van der Waals surface area contributed by atoms with Crippen LogP contribution in [0, 0.1) is 0 Å². The van der Waals surface area contributed by atoms with Crippen LogP contribution < -0.4 is 5.73 Å². The van der Waals surface area contributed by atoms with Gasteiger partial charge in [-0.1, -0.05) is 13.0 Å². The predicted octanol–water partition coefficient (Wildman–Crippen LogP) is 1.31. The fraction of sp³-hybridized carbons (Fsp3) is 0.375. The van der Waals surface area contributed by atoms with Gasteiger partial charge in [-0.2, -0.15) is 0 Å². The summed E-state index contributed by atoms with van der Waals surface area (Å²) in [6.07, 6.45) is 0.821. The van der Waals surface area contributed by atoms with Gasteiger partial charge in [-0.25, -0.2) is 14.8 Å². The Kier molecular flexibility index (Phi) is 4.20. The van der Waals surface area contributed by atoms with Crippen molar-refractivity contribution in [3.8, 4) is 0 Å². The van der Waals surface area contributed by atoms with E-state index >= 15 is 0 Å². The van der Waals surface area contributed by atoms with E-state index in [1.165, 1.54) is 11.2 Å². The highest BCUT2D eigenvalue weighted by atomic mass is 16.4. The smallest absolute Gasteiger partial charge is 0.408 e. The molecule has 0 spiro atoms. The van der Waals surface area contributed by atoms with E-state index in [0.29, 0.717) is 31.9 Å². The maximum Gasteiger partial charge on any atom is 0.408 e. The van der Waals surface area contributed by atoms with E-state index < -0.39 is 12.1 Å². The average molecular weight is 329 g/mol. The van der Waals surface area contributed by atoms with Crippen molar-refractivity contribution >= 4 is 28.7 Å². The highest BCUT2D eigenvalue weighted by Gasteiger charge is 2.36. The molecule has 0 unspecified atom stereocenters. The number of carbonyl (C=O) groups excluding carboxylic acids is 1. The van der Waals surface area contributed by atoms with Gasteiger partial charge in [0, 0.05) is 25.0 Å². The lowest BCUT2D eigenvalue weighted by Crippen LogP contribution is -2.57. The molecule has 1 aliphatic heterocycles. The number of anilines is 1. The molecule has 1 aliphatic rings. The number of fused-ring (bicyclic) bond motifs is 1. The highest BCUT2D eigenvalue weighted by Crippen LogP contribution is 2.21. The molecule has 1 aromatic carbocycles. The van der Waals surface area contributed by atoms with Crippen molar-refractivity contribution in [3.05, 3.63) is 30.1 Å².